The van der Waals surface area contributed by atoms with E-state index in [0.717, 1.165) is 50.1 Å². The van der Waals surface area contributed by atoms with Crippen molar-refractivity contribution in [3.8, 4) is 0 Å². The number of likely N-dealkylation sites (N-methyl/N-ethyl adjacent to an activating group) is 1. The van der Waals surface area contributed by atoms with E-state index < -0.39 is 0 Å². The molecule has 1 aliphatic heterocycles. The Labute approximate surface area is 174 Å². The summed E-state index contributed by atoms with van der Waals surface area (Å²) < 4.78 is 5.60. The number of rotatable bonds is 7. The number of piperazine rings is 1. The van der Waals surface area contributed by atoms with E-state index in [1.807, 2.05) is 13.8 Å². The fourth-order valence-electron chi connectivity index (χ4n) is 3.46. The summed E-state index contributed by atoms with van der Waals surface area (Å²) in [5.74, 6) is 2.26. The highest BCUT2D eigenvalue weighted by Gasteiger charge is 2.15. The molecule has 2 heterocycles. The molecule has 0 aliphatic carbocycles. The average Bonchev–Trinajstić information content (AvgIpc) is 3.07. The van der Waals surface area contributed by atoms with Gasteiger partial charge in [0.15, 0.2) is 5.96 Å². The molecule has 1 aliphatic rings. The lowest BCUT2D eigenvalue weighted by atomic mass is 10.1. The van der Waals surface area contributed by atoms with Crippen LogP contribution in [0.5, 0.6) is 0 Å². The second kappa shape index (κ2) is 10.4. The summed E-state index contributed by atoms with van der Waals surface area (Å²) in [6.45, 7) is 14.2. The summed E-state index contributed by atoms with van der Waals surface area (Å²) in [6, 6.07) is 8.85. The van der Waals surface area contributed by atoms with Crippen molar-refractivity contribution in [2.24, 2.45) is 4.99 Å². The maximum atomic E-state index is 5.60. The van der Waals surface area contributed by atoms with Gasteiger partial charge in [-0.3, -0.25) is 9.89 Å². The zero-order valence-electron chi connectivity index (χ0n) is 18.2. The van der Waals surface area contributed by atoms with E-state index in [2.05, 4.69) is 61.6 Å². The molecule has 1 fully saturated rings. The number of hydrogen-bond donors (Lipinski definition) is 2. The Hall–Kier alpha value is -2.38. The number of oxazole rings is 1. The molecule has 1 aromatic carbocycles. The molecule has 0 bridgehead atoms. The minimum absolute atomic E-state index is 0.512. The lowest BCUT2D eigenvalue weighted by Gasteiger charge is -2.34. The Balaban J connectivity index is 1.42. The molecule has 3 rings (SSSR count). The van der Waals surface area contributed by atoms with Crippen LogP contribution in [0.15, 0.2) is 33.7 Å². The third-order valence-corrected chi connectivity index (χ3v) is 5.50. The first-order chi connectivity index (χ1) is 14.1. The zero-order chi connectivity index (χ0) is 20.6. The maximum Gasteiger partial charge on any atom is 0.214 e. The number of aryl methyl sites for hydroxylation is 2. The average molecular weight is 399 g/mol. The van der Waals surface area contributed by atoms with E-state index in [4.69, 9.17) is 4.42 Å². The Morgan fingerprint density at radius 2 is 1.62 bits per heavy atom. The van der Waals surface area contributed by atoms with Crippen LogP contribution in [0.25, 0.3) is 0 Å². The minimum atomic E-state index is 0.512. The van der Waals surface area contributed by atoms with Crippen LogP contribution >= 0.6 is 0 Å². The molecule has 0 atom stereocenters. The van der Waals surface area contributed by atoms with Crippen molar-refractivity contribution in [2.75, 3.05) is 39.8 Å². The van der Waals surface area contributed by atoms with Gasteiger partial charge in [0.05, 0.1) is 12.2 Å². The van der Waals surface area contributed by atoms with Gasteiger partial charge in [0.1, 0.15) is 5.76 Å². The van der Waals surface area contributed by atoms with Gasteiger partial charge in [-0.05, 0) is 31.5 Å². The predicted molar refractivity (Wildman–Crippen MR) is 117 cm³/mol. The van der Waals surface area contributed by atoms with Crippen LogP contribution in [0.3, 0.4) is 0 Å². The highest BCUT2D eigenvalue weighted by molar-refractivity contribution is 5.79. The van der Waals surface area contributed by atoms with E-state index in [1.165, 1.54) is 24.2 Å². The van der Waals surface area contributed by atoms with Gasteiger partial charge < -0.3 is 20.0 Å². The number of aromatic nitrogens is 1. The maximum absolute atomic E-state index is 5.60. The van der Waals surface area contributed by atoms with Crippen LogP contribution in [0.2, 0.25) is 0 Å². The topological polar surface area (TPSA) is 68.9 Å². The Morgan fingerprint density at radius 3 is 2.21 bits per heavy atom. The molecule has 29 heavy (non-hydrogen) atoms. The Kier molecular flexibility index (Phi) is 7.66. The van der Waals surface area contributed by atoms with Crippen LogP contribution in [-0.2, 0) is 19.6 Å². The van der Waals surface area contributed by atoms with Crippen molar-refractivity contribution in [1.82, 2.24) is 25.4 Å². The van der Waals surface area contributed by atoms with Crippen molar-refractivity contribution >= 4 is 5.96 Å². The third-order valence-electron chi connectivity index (χ3n) is 5.50. The molecule has 0 spiro atoms. The fraction of sp³-hybridized carbons (Fsp3) is 0.545. The molecule has 158 valence electrons. The number of benzene rings is 1. The number of guanidine groups is 1. The van der Waals surface area contributed by atoms with E-state index in [-0.39, 0.29) is 0 Å². The number of nitrogens with zero attached hydrogens (tertiary/aromatic N) is 4. The second-order valence-corrected chi connectivity index (χ2v) is 7.56. The summed E-state index contributed by atoms with van der Waals surface area (Å²) in [6.07, 6.45) is 0. The molecule has 1 aromatic heterocycles. The Morgan fingerprint density at radius 1 is 1.00 bits per heavy atom. The van der Waals surface area contributed by atoms with Gasteiger partial charge >= 0.3 is 0 Å². The second-order valence-electron chi connectivity index (χ2n) is 7.56. The van der Waals surface area contributed by atoms with Crippen molar-refractivity contribution in [1.29, 1.82) is 0 Å². The smallest absolute Gasteiger partial charge is 0.214 e. The number of hydrogen-bond acceptors (Lipinski definition) is 5. The summed E-state index contributed by atoms with van der Waals surface area (Å²) >= 11 is 0. The summed E-state index contributed by atoms with van der Waals surface area (Å²) in [5, 5.41) is 6.59. The molecule has 7 nitrogen and oxygen atoms in total. The molecule has 1 saturated heterocycles. The monoisotopic (exact) mass is 398 g/mol. The first-order valence-corrected chi connectivity index (χ1v) is 10.5. The summed E-state index contributed by atoms with van der Waals surface area (Å²) in [5.41, 5.74) is 3.53. The molecule has 0 unspecified atom stereocenters. The van der Waals surface area contributed by atoms with Gasteiger partial charge in [0, 0.05) is 46.3 Å². The van der Waals surface area contributed by atoms with Crippen LogP contribution < -0.4 is 10.6 Å². The van der Waals surface area contributed by atoms with Crippen molar-refractivity contribution in [3.63, 3.8) is 0 Å². The number of nitrogens with one attached hydrogen (secondary N) is 2. The van der Waals surface area contributed by atoms with Gasteiger partial charge in [-0.15, -0.1) is 0 Å². The summed E-state index contributed by atoms with van der Waals surface area (Å²) in [7, 11) is 1.77. The minimum Gasteiger partial charge on any atom is -0.444 e. The third kappa shape index (κ3) is 6.30. The summed E-state index contributed by atoms with van der Waals surface area (Å²) in [4.78, 5) is 13.7. The first-order valence-electron chi connectivity index (χ1n) is 10.5. The van der Waals surface area contributed by atoms with E-state index in [9.17, 15) is 0 Å². The molecule has 0 amide bonds. The predicted octanol–water partition coefficient (Wildman–Crippen LogP) is 2.29. The largest absolute Gasteiger partial charge is 0.444 e. The van der Waals surface area contributed by atoms with Crippen LogP contribution in [0, 0.1) is 13.8 Å². The van der Waals surface area contributed by atoms with E-state index >= 15 is 0 Å². The fourth-order valence-corrected chi connectivity index (χ4v) is 3.46. The molecule has 2 aromatic rings. The van der Waals surface area contributed by atoms with Crippen molar-refractivity contribution < 1.29 is 4.42 Å². The standard InChI is InChI=1S/C22H34N6O/c1-5-27-10-12-28(13-11-27)16-20-8-6-19(7-9-20)14-24-22(23-4)25-15-21-26-17(2)18(3)29-21/h6-9H,5,10-16H2,1-4H3,(H2,23,24,25). The first kappa shape index (κ1) is 21.3. The number of aliphatic imine (C=N–C) groups is 1. The highest BCUT2D eigenvalue weighted by atomic mass is 16.4. The molecule has 2 N–H and O–H groups in total. The van der Waals surface area contributed by atoms with Crippen molar-refractivity contribution in [2.45, 2.75) is 40.4 Å². The normalized spacial score (nSPS) is 16.2. The van der Waals surface area contributed by atoms with Gasteiger partial charge in [-0.2, -0.15) is 0 Å². The van der Waals surface area contributed by atoms with Crippen LogP contribution in [0.4, 0.5) is 0 Å². The molecule has 0 saturated carbocycles. The van der Waals surface area contributed by atoms with Gasteiger partial charge in [0.2, 0.25) is 5.89 Å². The molecular weight excluding hydrogens is 364 g/mol. The van der Waals surface area contributed by atoms with E-state index in [1.54, 1.807) is 7.05 Å². The van der Waals surface area contributed by atoms with Crippen molar-refractivity contribution in [3.05, 3.63) is 52.7 Å². The lowest BCUT2D eigenvalue weighted by Crippen LogP contribution is -2.45. The molecule has 7 heteroatoms. The van der Waals surface area contributed by atoms with Crippen LogP contribution in [-0.4, -0.2) is 60.5 Å². The highest BCUT2D eigenvalue weighted by Crippen LogP contribution is 2.10. The quantitative estimate of drug-likeness (QED) is 0.551. The van der Waals surface area contributed by atoms with Gasteiger partial charge in [0.25, 0.3) is 0 Å². The van der Waals surface area contributed by atoms with Gasteiger partial charge in [-0.1, -0.05) is 31.2 Å². The Bertz CT molecular complexity index is 771. The molecule has 0 radical (unpaired) electrons. The SMILES string of the molecule is CCN1CCN(Cc2ccc(CNC(=NC)NCc3nc(C)c(C)o3)cc2)CC1. The van der Waals surface area contributed by atoms with Gasteiger partial charge in [-0.25, -0.2) is 4.98 Å². The lowest BCUT2D eigenvalue weighted by molar-refractivity contribution is 0.132. The zero-order valence-corrected chi connectivity index (χ0v) is 18.2. The van der Waals surface area contributed by atoms with Crippen LogP contribution in [0.1, 0.15) is 35.4 Å². The van der Waals surface area contributed by atoms with E-state index in [0.29, 0.717) is 12.4 Å². The molecular formula is C22H34N6O.